The lowest BCUT2D eigenvalue weighted by molar-refractivity contribution is -0.388. The summed E-state index contributed by atoms with van der Waals surface area (Å²) in [6.07, 6.45) is 0.641. The fraction of sp³-hybridized carbons (Fsp3) is 0.500. The lowest BCUT2D eigenvalue weighted by Gasteiger charge is -2.26. The molecule has 21 heavy (non-hydrogen) atoms. The van der Waals surface area contributed by atoms with Crippen molar-refractivity contribution in [3.05, 3.63) is 34.1 Å². The molecule has 0 aliphatic carbocycles. The van der Waals surface area contributed by atoms with Crippen LogP contribution < -0.4 is 5.32 Å². The smallest absolute Gasteiger partial charge is 0.292 e. The zero-order valence-corrected chi connectivity index (χ0v) is 12.3. The van der Waals surface area contributed by atoms with Crippen LogP contribution in [-0.4, -0.2) is 43.3 Å². The van der Waals surface area contributed by atoms with E-state index in [0.717, 1.165) is 12.1 Å². The van der Waals surface area contributed by atoms with Gasteiger partial charge in [-0.2, -0.15) is 4.31 Å². The van der Waals surface area contributed by atoms with E-state index in [1.165, 1.54) is 4.31 Å². The van der Waals surface area contributed by atoms with Crippen LogP contribution in [-0.2, 0) is 10.0 Å². The van der Waals surface area contributed by atoms with E-state index >= 15 is 0 Å². The third kappa shape index (κ3) is 3.04. The molecule has 1 aliphatic heterocycles. The Bertz CT molecular complexity index is 644. The molecule has 7 nitrogen and oxygen atoms in total. The second-order valence-corrected chi connectivity index (χ2v) is 6.58. The number of nitro groups is 1. The summed E-state index contributed by atoms with van der Waals surface area (Å²) in [7, 11) is -4.04. The molecule has 0 saturated carbocycles. The molecule has 1 atom stereocenters. The molecule has 1 unspecified atom stereocenters. The number of nitro benzene ring substituents is 1. The minimum absolute atomic E-state index is 0.198. The van der Waals surface area contributed by atoms with Gasteiger partial charge in [0, 0.05) is 19.1 Å². The Balaban J connectivity index is 2.49. The number of hydrogen-bond acceptors (Lipinski definition) is 5. The van der Waals surface area contributed by atoms with E-state index < -0.39 is 31.3 Å². The van der Waals surface area contributed by atoms with Gasteiger partial charge in [0.15, 0.2) is 4.90 Å². The maximum Gasteiger partial charge on any atom is 0.292 e. The van der Waals surface area contributed by atoms with Gasteiger partial charge in [-0.3, -0.25) is 10.1 Å². The van der Waals surface area contributed by atoms with Gasteiger partial charge < -0.3 is 5.32 Å². The first-order valence-corrected chi connectivity index (χ1v) is 7.98. The Morgan fingerprint density at radius 3 is 2.76 bits per heavy atom. The van der Waals surface area contributed by atoms with E-state index in [0.29, 0.717) is 25.6 Å². The van der Waals surface area contributed by atoms with Crippen LogP contribution in [0.25, 0.3) is 0 Å². The largest absolute Gasteiger partial charge is 0.315 e. The number of sulfonamides is 1. The van der Waals surface area contributed by atoms with Crippen LogP contribution in [0.2, 0.25) is 0 Å². The van der Waals surface area contributed by atoms with Gasteiger partial charge in [-0.25, -0.2) is 12.8 Å². The zero-order valence-electron chi connectivity index (χ0n) is 11.5. The molecule has 0 radical (unpaired) electrons. The van der Waals surface area contributed by atoms with Gasteiger partial charge in [0.1, 0.15) is 5.82 Å². The molecule has 1 aliphatic rings. The quantitative estimate of drug-likeness (QED) is 0.648. The Morgan fingerprint density at radius 2 is 2.24 bits per heavy atom. The normalized spacial score (nSPS) is 19.1. The van der Waals surface area contributed by atoms with E-state index in [2.05, 4.69) is 5.32 Å². The van der Waals surface area contributed by atoms with Crippen LogP contribution in [0.4, 0.5) is 10.1 Å². The third-order valence-electron chi connectivity index (χ3n) is 3.46. The molecule has 9 heteroatoms. The van der Waals surface area contributed by atoms with Crippen LogP contribution in [0.3, 0.4) is 0 Å². The standard InChI is InChI=1S/C12H16FN3O4S/c1-2-15(10-5-6-14-8-10)21(19,20)12-4-3-9(13)7-11(12)16(17)18/h3-4,7,10,14H,2,5-6,8H2,1H3. The fourth-order valence-corrected chi connectivity index (χ4v) is 4.29. The topological polar surface area (TPSA) is 92.6 Å². The average molecular weight is 317 g/mol. The van der Waals surface area contributed by atoms with Crippen LogP contribution in [0.5, 0.6) is 0 Å². The second-order valence-electron chi connectivity index (χ2n) is 4.72. The molecule has 1 heterocycles. The lowest BCUT2D eigenvalue weighted by atomic mass is 10.3. The number of likely N-dealkylation sites (N-methyl/N-ethyl adjacent to an activating group) is 1. The zero-order chi connectivity index (χ0) is 15.6. The highest BCUT2D eigenvalue weighted by molar-refractivity contribution is 7.89. The Hall–Kier alpha value is -1.58. The summed E-state index contributed by atoms with van der Waals surface area (Å²) in [6.45, 7) is 3.07. The Kier molecular flexibility index (Phi) is 4.55. The maximum atomic E-state index is 13.2. The summed E-state index contributed by atoms with van der Waals surface area (Å²) in [6, 6.07) is 2.26. The van der Waals surface area contributed by atoms with Crippen LogP contribution >= 0.6 is 0 Å². The predicted octanol–water partition coefficient (Wildman–Crippen LogP) is 1.11. The maximum absolute atomic E-state index is 13.2. The fourth-order valence-electron chi connectivity index (χ4n) is 2.49. The summed E-state index contributed by atoms with van der Waals surface area (Å²) >= 11 is 0. The summed E-state index contributed by atoms with van der Waals surface area (Å²) in [5, 5.41) is 14.1. The highest BCUT2D eigenvalue weighted by atomic mass is 32.2. The first kappa shape index (κ1) is 15.8. The number of nitrogens with zero attached hydrogens (tertiary/aromatic N) is 2. The van der Waals surface area contributed by atoms with E-state index in [9.17, 15) is 22.9 Å². The third-order valence-corrected chi connectivity index (χ3v) is 5.53. The molecule has 1 aromatic carbocycles. The van der Waals surface area contributed by atoms with Crippen molar-refractivity contribution in [1.29, 1.82) is 0 Å². The molecule has 1 N–H and O–H groups in total. The van der Waals surface area contributed by atoms with E-state index in [1.807, 2.05) is 0 Å². The number of hydrogen-bond donors (Lipinski definition) is 1. The van der Waals surface area contributed by atoms with Gasteiger partial charge in [0.25, 0.3) is 5.69 Å². The van der Waals surface area contributed by atoms with Gasteiger partial charge in [-0.15, -0.1) is 0 Å². The average Bonchev–Trinajstić information content (AvgIpc) is 2.92. The van der Waals surface area contributed by atoms with Crippen LogP contribution in [0, 0.1) is 15.9 Å². The van der Waals surface area contributed by atoms with E-state index in [-0.39, 0.29) is 12.6 Å². The highest BCUT2D eigenvalue weighted by Crippen LogP contribution is 2.29. The lowest BCUT2D eigenvalue weighted by Crippen LogP contribution is -2.41. The molecule has 0 spiro atoms. The van der Waals surface area contributed by atoms with Crippen molar-refractivity contribution in [3.63, 3.8) is 0 Å². The molecule has 1 aromatic rings. The summed E-state index contributed by atoms with van der Waals surface area (Å²) in [5.74, 6) is -0.841. The van der Waals surface area contributed by atoms with Crippen molar-refractivity contribution in [1.82, 2.24) is 9.62 Å². The van der Waals surface area contributed by atoms with Crippen molar-refractivity contribution in [2.75, 3.05) is 19.6 Å². The number of benzene rings is 1. The SMILES string of the molecule is CCN(C1CCNC1)S(=O)(=O)c1ccc(F)cc1[N+](=O)[O-]. The minimum atomic E-state index is -4.04. The van der Waals surface area contributed by atoms with Crippen LogP contribution in [0.1, 0.15) is 13.3 Å². The molecule has 1 saturated heterocycles. The van der Waals surface area contributed by atoms with Crippen molar-refractivity contribution in [2.45, 2.75) is 24.3 Å². The van der Waals surface area contributed by atoms with Crippen LogP contribution in [0.15, 0.2) is 23.1 Å². The first-order chi connectivity index (χ1) is 9.87. The highest BCUT2D eigenvalue weighted by Gasteiger charge is 2.36. The molecule has 116 valence electrons. The Morgan fingerprint density at radius 1 is 1.52 bits per heavy atom. The van der Waals surface area contributed by atoms with Gasteiger partial charge in [0.05, 0.1) is 11.0 Å². The minimum Gasteiger partial charge on any atom is -0.315 e. The number of rotatable bonds is 5. The van der Waals surface area contributed by atoms with Crippen molar-refractivity contribution in [3.8, 4) is 0 Å². The van der Waals surface area contributed by atoms with Crippen molar-refractivity contribution < 1.29 is 17.7 Å². The molecule has 0 amide bonds. The summed E-state index contributed by atoms with van der Waals surface area (Å²) in [5.41, 5.74) is -0.737. The van der Waals surface area contributed by atoms with Gasteiger partial charge >= 0.3 is 0 Å². The van der Waals surface area contributed by atoms with Crippen molar-refractivity contribution in [2.24, 2.45) is 0 Å². The van der Waals surface area contributed by atoms with E-state index in [1.54, 1.807) is 6.92 Å². The molecular weight excluding hydrogens is 301 g/mol. The van der Waals surface area contributed by atoms with Gasteiger partial charge in [-0.05, 0) is 25.1 Å². The van der Waals surface area contributed by atoms with Gasteiger partial charge in [0.2, 0.25) is 10.0 Å². The van der Waals surface area contributed by atoms with Gasteiger partial charge in [-0.1, -0.05) is 6.92 Å². The Labute approximate surface area is 122 Å². The number of nitrogens with one attached hydrogen (secondary N) is 1. The van der Waals surface area contributed by atoms with E-state index in [4.69, 9.17) is 0 Å². The molecule has 0 aromatic heterocycles. The molecular formula is C12H16FN3O4S. The first-order valence-electron chi connectivity index (χ1n) is 6.54. The monoisotopic (exact) mass is 317 g/mol. The predicted molar refractivity (Wildman–Crippen MR) is 73.9 cm³/mol. The second kappa shape index (κ2) is 6.04. The number of halogens is 1. The molecule has 1 fully saturated rings. The van der Waals surface area contributed by atoms with Crippen molar-refractivity contribution >= 4 is 15.7 Å². The molecule has 2 rings (SSSR count). The molecule has 0 bridgehead atoms. The summed E-state index contributed by atoms with van der Waals surface area (Å²) in [4.78, 5) is 9.65. The summed E-state index contributed by atoms with van der Waals surface area (Å²) < 4.78 is 39.7.